The maximum Gasteiger partial charge on any atom is 0.166 e. The molecule has 0 spiro atoms. The summed E-state index contributed by atoms with van der Waals surface area (Å²) in [4.78, 5) is 4.10. The predicted molar refractivity (Wildman–Crippen MR) is 89.3 cm³/mol. The van der Waals surface area contributed by atoms with Crippen molar-refractivity contribution in [2.75, 3.05) is 5.73 Å². The van der Waals surface area contributed by atoms with Gasteiger partial charge in [0.15, 0.2) is 17.4 Å². The van der Waals surface area contributed by atoms with Gasteiger partial charge in [-0.2, -0.15) is 0 Å². The van der Waals surface area contributed by atoms with Crippen molar-refractivity contribution in [1.82, 2.24) is 4.98 Å². The van der Waals surface area contributed by atoms with Crippen LogP contribution in [-0.4, -0.2) is 4.98 Å². The Morgan fingerprint density at radius 2 is 1.91 bits per heavy atom. The van der Waals surface area contributed by atoms with Crippen molar-refractivity contribution < 1.29 is 9.13 Å². The Morgan fingerprint density at radius 3 is 2.64 bits per heavy atom. The third kappa shape index (κ3) is 3.04. The summed E-state index contributed by atoms with van der Waals surface area (Å²) in [5.74, 6) is 0.215. The molecule has 5 heteroatoms. The lowest BCUT2D eigenvalue weighted by molar-refractivity contribution is 0.307. The Morgan fingerprint density at radius 1 is 1.18 bits per heavy atom. The average Bonchev–Trinajstić information content (AvgIpc) is 2.48. The van der Waals surface area contributed by atoms with Gasteiger partial charge >= 0.3 is 0 Å². The molecule has 2 N–H and O–H groups in total. The van der Waals surface area contributed by atoms with Crippen molar-refractivity contribution in [2.45, 2.75) is 13.5 Å². The van der Waals surface area contributed by atoms with Gasteiger partial charge in [-0.1, -0.05) is 45.8 Å². The number of hydrogen-bond donors (Lipinski definition) is 1. The molecule has 0 radical (unpaired) electrons. The number of rotatable bonds is 3. The highest BCUT2D eigenvalue weighted by molar-refractivity contribution is 9.10. The number of benzene rings is 2. The highest BCUT2D eigenvalue weighted by Gasteiger charge is 2.10. The molecule has 1 heterocycles. The van der Waals surface area contributed by atoms with E-state index in [9.17, 15) is 4.39 Å². The topological polar surface area (TPSA) is 48.1 Å². The third-order valence-electron chi connectivity index (χ3n) is 3.34. The molecule has 0 aliphatic carbocycles. The van der Waals surface area contributed by atoms with E-state index in [1.807, 2.05) is 31.2 Å². The number of nitrogen functional groups attached to an aromatic ring is 1. The Labute approximate surface area is 136 Å². The molecule has 112 valence electrons. The van der Waals surface area contributed by atoms with Gasteiger partial charge in [0, 0.05) is 9.86 Å². The fourth-order valence-electron chi connectivity index (χ4n) is 2.17. The van der Waals surface area contributed by atoms with Crippen LogP contribution >= 0.6 is 15.9 Å². The van der Waals surface area contributed by atoms with E-state index in [1.54, 1.807) is 12.1 Å². The Hall–Kier alpha value is -2.14. The molecule has 22 heavy (non-hydrogen) atoms. The SMILES string of the molecule is Cc1ccc(COc2cc3cc(Br)cc(F)c3nc2N)cc1. The van der Waals surface area contributed by atoms with Gasteiger partial charge in [0.05, 0.1) is 0 Å². The molecule has 3 nitrogen and oxygen atoms in total. The van der Waals surface area contributed by atoms with Crippen LogP contribution in [-0.2, 0) is 6.61 Å². The molecule has 1 aromatic heterocycles. The van der Waals surface area contributed by atoms with E-state index < -0.39 is 5.82 Å². The van der Waals surface area contributed by atoms with Gasteiger partial charge in [0.2, 0.25) is 0 Å². The van der Waals surface area contributed by atoms with Gasteiger partial charge in [-0.25, -0.2) is 9.37 Å². The summed E-state index contributed by atoms with van der Waals surface area (Å²) in [6.07, 6.45) is 0. The Bertz CT molecular complexity index is 834. The molecule has 3 rings (SSSR count). The first kappa shape index (κ1) is 14.8. The first-order valence-electron chi connectivity index (χ1n) is 6.76. The molecule has 0 aliphatic rings. The number of anilines is 1. The minimum Gasteiger partial charge on any atom is -0.485 e. The molecule has 0 saturated carbocycles. The lowest BCUT2D eigenvalue weighted by atomic mass is 10.2. The van der Waals surface area contributed by atoms with Crippen molar-refractivity contribution in [2.24, 2.45) is 0 Å². The minimum atomic E-state index is -0.416. The average molecular weight is 361 g/mol. The van der Waals surface area contributed by atoms with Crippen molar-refractivity contribution in [3.05, 3.63) is 63.9 Å². The third-order valence-corrected chi connectivity index (χ3v) is 3.80. The van der Waals surface area contributed by atoms with Gasteiger partial charge < -0.3 is 10.5 Å². The van der Waals surface area contributed by atoms with E-state index in [-0.39, 0.29) is 11.3 Å². The monoisotopic (exact) mass is 360 g/mol. The standard InChI is InChI=1S/C17H14BrFN2O/c1-10-2-4-11(5-3-10)9-22-15-7-12-6-13(18)8-14(19)16(12)21-17(15)20/h2-8H,9H2,1H3,(H2,20,21). The van der Waals surface area contributed by atoms with Crippen LogP contribution in [0, 0.1) is 12.7 Å². The maximum absolute atomic E-state index is 13.9. The zero-order chi connectivity index (χ0) is 15.7. The summed E-state index contributed by atoms with van der Waals surface area (Å²) >= 11 is 3.27. The smallest absolute Gasteiger partial charge is 0.166 e. The highest BCUT2D eigenvalue weighted by Crippen LogP contribution is 2.29. The molecule has 0 bridgehead atoms. The van der Waals surface area contributed by atoms with Crippen LogP contribution in [0.4, 0.5) is 10.2 Å². The molecule has 0 fully saturated rings. The first-order valence-corrected chi connectivity index (χ1v) is 7.56. The number of fused-ring (bicyclic) bond motifs is 1. The van der Waals surface area contributed by atoms with E-state index in [1.165, 1.54) is 11.6 Å². The van der Waals surface area contributed by atoms with Gasteiger partial charge in [-0.05, 0) is 30.7 Å². The largest absolute Gasteiger partial charge is 0.485 e. The number of hydrogen-bond acceptors (Lipinski definition) is 3. The summed E-state index contributed by atoms with van der Waals surface area (Å²) in [5, 5.41) is 0.639. The first-order chi connectivity index (χ1) is 10.5. The number of halogens is 2. The van der Waals surface area contributed by atoms with E-state index in [2.05, 4.69) is 20.9 Å². The predicted octanol–water partition coefficient (Wildman–Crippen LogP) is 4.61. The number of pyridine rings is 1. The number of aromatic nitrogens is 1. The van der Waals surface area contributed by atoms with Crippen LogP contribution in [0.5, 0.6) is 5.75 Å². The summed E-state index contributed by atoms with van der Waals surface area (Å²) in [6.45, 7) is 2.41. The van der Waals surface area contributed by atoms with Crippen molar-refractivity contribution >= 4 is 32.7 Å². The van der Waals surface area contributed by atoms with Gasteiger partial charge in [0.25, 0.3) is 0 Å². The number of ether oxygens (including phenoxy) is 1. The van der Waals surface area contributed by atoms with Gasteiger partial charge in [-0.3, -0.25) is 0 Å². The van der Waals surface area contributed by atoms with Crippen LogP contribution in [0.15, 0.2) is 46.9 Å². The number of aryl methyl sites for hydroxylation is 1. The summed E-state index contributed by atoms with van der Waals surface area (Å²) in [7, 11) is 0. The molecule has 0 saturated heterocycles. The highest BCUT2D eigenvalue weighted by atomic mass is 79.9. The summed E-state index contributed by atoms with van der Waals surface area (Å²) in [5.41, 5.74) is 8.33. The molecule has 0 atom stereocenters. The maximum atomic E-state index is 13.9. The van der Waals surface area contributed by atoms with Crippen molar-refractivity contribution in [3.63, 3.8) is 0 Å². The van der Waals surface area contributed by atoms with Crippen LogP contribution in [0.2, 0.25) is 0 Å². The Balaban J connectivity index is 1.90. The van der Waals surface area contributed by atoms with Gasteiger partial charge in [0.1, 0.15) is 12.1 Å². The van der Waals surface area contributed by atoms with E-state index in [0.717, 1.165) is 5.56 Å². The van der Waals surface area contributed by atoms with Crippen molar-refractivity contribution in [3.8, 4) is 5.75 Å². The van der Waals surface area contributed by atoms with Crippen LogP contribution in [0.1, 0.15) is 11.1 Å². The molecule has 3 aromatic rings. The van der Waals surface area contributed by atoms with E-state index >= 15 is 0 Å². The summed E-state index contributed by atoms with van der Waals surface area (Å²) < 4.78 is 20.2. The van der Waals surface area contributed by atoms with E-state index in [0.29, 0.717) is 22.2 Å². The summed E-state index contributed by atoms with van der Waals surface area (Å²) in [6, 6.07) is 12.9. The fourth-order valence-corrected chi connectivity index (χ4v) is 2.61. The van der Waals surface area contributed by atoms with E-state index in [4.69, 9.17) is 10.5 Å². The number of nitrogens with zero attached hydrogens (tertiary/aromatic N) is 1. The molecule has 0 amide bonds. The zero-order valence-electron chi connectivity index (χ0n) is 11.9. The van der Waals surface area contributed by atoms with Crippen LogP contribution in [0.3, 0.4) is 0 Å². The van der Waals surface area contributed by atoms with Crippen LogP contribution in [0.25, 0.3) is 10.9 Å². The Kier molecular flexibility index (Phi) is 3.98. The zero-order valence-corrected chi connectivity index (χ0v) is 13.5. The molecular weight excluding hydrogens is 347 g/mol. The number of nitrogens with two attached hydrogens (primary N) is 1. The lowest BCUT2D eigenvalue weighted by Crippen LogP contribution is -2.01. The van der Waals surface area contributed by atoms with Gasteiger partial charge in [-0.15, -0.1) is 0 Å². The normalized spacial score (nSPS) is 10.9. The second-order valence-corrected chi connectivity index (χ2v) is 6.02. The minimum absolute atomic E-state index is 0.181. The molecular formula is C17H14BrFN2O. The van der Waals surface area contributed by atoms with Crippen LogP contribution < -0.4 is 10.5 Å². The quantitative estimate of drug-likeness (QED) is 0.741. The fraction of sp³-hybridized carbons (Fsp3) is 0.118. The second kappa shape index (κ2) is 5.93. The molecule has 2 aromatic carbocycles. The van der Waals surface area contributed by atoms with Crippen molar-refractivity contribution in [1.29, 1.82) is 0 Å². The lowest BCUT2D eigenvalue weighted by Gasteiger charge is -2.10. The molecule has 0 unspecified atom stereocenters. The second-order valence-electron chi connectivity index (χ2n) is 5.11. The molecule has 0 aliphatic heterocycles.